The number of nitrogens with zero attached hydrogens (tertiary/aromatic N) is 2. The summed E-state index contributed by atoms with van der Waals surface area (Å²) < 4.78 is 2.44. The Morgan fingerprint density at radius 3 is 2.08 bits per heavy atom. The smallest absolute Gasteiger partial charge is 0.111 e. The van der Waals surface area contributed by atoms with Crippen LogP contribution in [0, 0.1) is 0 Å². The highest BCUT2D eigenvalue weighted by atomic mass is 15.3. The van der Waals surface area contributed by atoms with Gasteiger partial charge in [0.15, 0.2) is 0 Å². The van der Waals surface area contributed by atoms with Crippen molar-refractivity contribution >= 4 is 22.3 Å². The summed E-state index contributed by atoms with van der Waals surface area (Å²) >= 11 is 0. The predicted octanol–water partition coefficient (Wildman–Crippen LogP) is 9.88. The van der Waals surface area contributed by atoms with Crippen molar-refractivity contribution < 1.29 is 0 Å². The molecule has 0 bridgehead atoms. The summed E-state index contributed by atoms with van der Waals surface area (Å²) in [7, 11) is 0. The normalized spacial score (nSPS) is 18.7. The van der Waals surface area contributed by atoms with Crippen molar-refractivity contribution in [2.75, 3.05) is 4.90 Å². The maximum absolute atomic E-state index is 4.01. The SMILES string of the molecule is C1=CC2=C(NC(c3ccccc3)C=C2)C2NC(N3c4ccccc4-c4c(n(-c5ccccc5)c5ccccc45)-c4ccccc43)=CC=C12. The van der Waals surface area contributed by atoms with E-state index in [1.54, 1.807) is 0 Å². The van der Waals surface area contributed by atoms with Crippen LogP contribution < -0.4 is 15.5 Å². The summed E-state index contributed by atoms with van der Waals surface area (Å²) in [4.78, 5) is 2.42. The average Bonchev–Trinajstić information content (AvgIpc) is 3.44. The molecule has 1 aromatic heterocycles. The van der Waals surface area contributed by atoms with Crippen LogP contribution in [0.4, 0.5) is 11.4 Å². The molecule has 0 saturated carbocycles. The summed E-state index contributed by atoms with van der Waals surface area (Å²) in [6, 6.07) is 48.0. The number of rotatable bonds is 3. The number of allylic oxidation sites excluding steroid dienone is 5. The average molecular weight is 617 g/mol. The second kappa shape index (κ2) is 10.6. The van der Waals surface area contributed by atoms with Gasteiger partial charge in [-0.3, -0.25) is 4.90 Å². The second-order valence-electron chi connectivity index (χ2n) is 12.7. The summed E-state index contributed by atoms with van der Waals surface area (Å²) in [6.45, 7) is 0. The lowest BCUT2D eigenvalue weighted by Crippen LogP contribution is -2.45. The number of benzene rings is 5. The molecule has 2 atom stereocenters. The Kier molecular flexibility index (Phi) is 5.97. The maximum atomic E-state index is 4.01. The Labute approximate surface area is 280 Å². The molecule has 5 aromatic carbocycles. The van der Waals surface area contributed by atoms with E-state index in [9.17, 15) is 0 Å². The minimum absolute atomic E-state index is 0.00918. The highest BCUT2D eigenvalue weighted by molar-refractivity contribution is 6.12. The standard InChI is InChI=1S/C44H32N4/c1-3-13-29(14-4-1)36-27-25-30-23-24-31-26-28-40(46-43(31)42(30)45-36)48-38-21-11-8-18-34(38)41-33-17-7-10-20-37(33)47(32-15-5-2-6-16-32)44(41)35-19-9-12-22-39(35)48/h1-28,36,43,45-46H. The van der Waals surface area contributed by atoms with Crippen LogP contribution in [0.1, 0.15) is 11.6 Å². The molecule has 3 aliphatic heterocycles. The van der Waals surface area contributed by atoms with Crippen LogP contribution in [0.2, 0.25) is 0 Å². The summed E-state index contributed by atoms with van der Waals surface area (Å²) in [5.74, 6) is 1.04. The van der Waals surface area contributed by atoms with Gasteiger partial charge in [0.25, 0.3) is 0 Å². The molecule has 0 radical (unpaired) electrons. The van der Waals surface area contributed by atoms with Crippen molar-refractivity contribution in [3.05, 3.63) is 198 Å². The van der Waals surface area contributed by atoms with E-state index in [1.165, 1.54) is 55.7 Å². The number of hydrogen-bond acceptors (Lipinski definition) is 3. The molecule has 228 valence electrons. The molecule has 6 aromatic rings. The van der Waals surface area contributed by atoms with Crippen molar-refractivity contribution in [3.63, 3.8) is 0 Å². The minimum Gasteiger partial charge on any atom is -0.376 e. The van der Waals surface area contributed by atoms with Gasteiger partial charge in [-0.05, 0) is 53.1 Å². The largest absolute Gasteiger partial charge is 0.376 e. The topological polar surface area (TPSA) is 32.2 Å². The van der Waals surface area contributed by atoms with Crippen LogP contribution in [0.15, 0.2) is 193 Å². The number of anilines is 2. The van der Waals surface area contributed by atoms with E-state index < -0.39 is 0 Å². The molecule has 0 spiro atoms. The molecular weight excluding hydrogens is 585 g/mol. The lowest BCUT2D eigenvalue weighted by Gasteiger charge is -2.39. The number of dihydropyridines is 2. The highest BCUT2D eigenvalue weighted by Crippen LogP contribution is 2.53. The van der Waals surface area contributed by atoms with Gasteiger partial charge in [-0.2, -0.15) is 0 Å². The fourth-order valence-corrected chi connectivity index (χ4v) is 7.86. The zero-order chi connectivity index (χ0) is 31.6. The fourth-order valence-electron chi connectivity index (χ4n) is 7.86. The monoisotopic (exact) mass is 616 g/mol. The summed E-state index contributed by atoms with van der Waals surface area (Å²) in [6.07, 6.45) is 13.5. The molecule has 0 fully saturated rings. The number of para-hydroxylation sites is 4. The molecular formula is C44H32N4. The molecule has 0 saturated heterocycles. The molecule has 1 aliphatic carbocycles. The lowest BCUT2D eigenvalue weighted by atomic mass is 9.88. The first-order chi connectivity index (χ1) is 23.8. The van der Waals surface area contributed by atoms with Gasteiger partial charge in [-0.15, -0.1) is 0 Å². The molecule has 4 aliphatic rings. The lowest BCUT2D eigenvalue weighted by molar-refractivity contribution is 0.591. The van der Waals surface area contributed by atoms with E-state index in [4.69, 9.17) is 0 Å². The zero-order valence-corrected chi connectivity index (χ0v) is 26.2. The second-order valence-corrected chi connectivity index (χ2v) is 12.7. The number of nitrogens with one attached hydrogen (secondary N) is 2. The molecule has 4 heterocycles. The number of hydrogen-bond donors (Lipinski definition) is 2. The van der Waals surface area contributed by atoms with Gasteiger partial charge in [0.05, 0.1) is 34.7 Å². The Morgan fingerprint density at radius 2 is 1.25 bits per heavy atom. The third-order valence-corrected chi connectivity index (χ3v) is 10.00. The van der Waals surface area contributed by atoms with Gasteiger partial charge in [0.2, 0.25) is 0 Å². The van der Waals surface area contributed by atoms with Crippen molar-refractivity contribution in [1.82, 2.24) is 15.2 Å². The van der Waals surface area contributed by atoms with Crippen molar-refractivity contribution in [3.8, 4) is 28.1 Å². The Bertz CT molecular complexity index is 2410. The summed E-state index contributed by atoms with van der Waals surface area (Å²) in [5, 5.41) is 9.15. The van der Waals surface area contributed by atoms with E-state index in [0.29, 0.717) is 0 Å². The maximum Gasteiger partial charge on any atom is 0.111 e. The van der Waals surface area contributed by atoms with Crippen molar-refractivity contribution in [2.45, 2.75) is 12.1 Å². The third kappa shape index (κ3) is 4.02. The predicted molar refractivity (Wildman–Crippen MR) is 197 cm³/mol. The Hall–Kier alpha value is -6.26. The molecule has 10 rings (SSSR count). The van der Waals surface area contributed by atoms with E-state index in [-0.39, 0.29) is 12.1 Å². The van der Waals surface area contributed by atoms with Gasteiger partial charge in [0.1, 0.15) is 5.82 Å². The van der Waals surface area contributed by atoms with E-state index >= 15 is 0 Å². The first-order valence-corrected chi connectivity index (χ1v) is 16.6. The van der Waals surface area contributed by atoms with Crippen LogP contribution in [-0.4, -0.2) is 10.6 Å². The minimum atomic E-state index is -0.00918. The van der Waals surface area contributed by atoms with Crippen molar-refractivity contribution in [2.24, 2.45) is 0 Å². The molecule has 4 nitrogen and oxygen atoms in total. The van der Waals surface area contributed by atoms with Gasteiger partial charge in [-0.1, -0.05) is 134 Å². The van der Waals surface area contributed by atoms with Crippen LogP contribution in [0.3, 0.4) is 0 Å². The Morgan fingerprint density at radius 1 is 0.562 bits per heavy atom. The van der Waals surface area contributed by atoms with Crippen molar-refractivity contribution in [1.29, 1.82) is 0 Å². The first kappa shape index (κ1) is 26.9. The quantitative estimate of drug-likeness (QED) is 0.208. The van der Waals surface area contributed by atoms with Gasteiger partial charge >= 0.3 is 0 Å². The number of aromatic nitrogens is 1. The number of fused-ring (bicyclic) bond motifs is 9. The van der Waals surface area contributed by atoms with E-state index in [0.717, 1.165) is 22.9 Å². The first-order valence-electron chi connectivity index (χ1n) is 16.6. The summed E-state index contributed by atoms with van der Waals surface area (Å²) in [5.41, 5.74) is 14.4. The van der Waals surface area contributed by atoms with E-state index in [2.05, 4.69) is 190 Å². The van der Waals surface area contributed by atoms with Crippen LogP contribution in [-0.2, 0) is 0 Å². The van der Waals surface area contributed by atoms with Crippen LogP contribution in [0.25, 0.3) is 39.0 Å². The molecule has 2 unspecified atom stereocenters. The van der Waals surface area contributed by atoms with Crippen LogP contribution >= 0.6 is 0 Å². The van der Waals surface area contributed by atoms with Gasteiger partial charge in [-0.25, -0.2) is 0 Å². The highest BCUT2D eigenvalue weighted by Gasteiger charge is 2.35. The molecule has 48 heavy (non-hydrogen) atoms. The van der Waals surface area contributed by atoms with Gasteiger partial charge < -0.3 is 15.2 Å². The fraction of sp³-hybridized carbons (Fsp3) is 0.0455. The molecule has 2 N–H and O–H groups in total. The van der Waals surface area contributed by atoms with Crippen LogP contribution in [0.5, 0.6) is 0 Å². The van der Waals surface area contributed by atoms with Gasteiger partial charge in [0, 0.05) is 33.5 Å². The molecule has 4 heteroatoms. The van der Waals surface area contributed by atoms with E-state index in [1.807, 2.05) is 0 Å². The Balaban J connectivity index is 1.15. The third-order valence-electron chi connectivity index (χ3n) is 10.00. The zero-order valence-electron chi connectivity index (χ0n) is 26.2. The molecule has 0 amide bonds.